The summed E-state index contributed by atoms with van der Waals surface area (Å²) in [5, 5.41) is 7.52. The lowest BCUT2D eigenvalue weighted by Gasteiger charge is -2.24. The minimum absolute atomic E-state index is 0.00286. The molecule has 0 heterocycles. The highest BCUT2D eigenvalue weighted by molar-refractivity contribution is 7.80. The third-order valence-electron chi connectivity index (χ3n) is 4.79. The smallest absolute Gasteiger partial charge is 0.171 e. The molecule has 3 heteroatoms. The average molecular weight is 375 g/mol. The Hall–Kier alpha value is -2.65. The summed E-state index contributed by atoms with van der Waals surface area (Å²) in [7, 11) is 0. The number of hydrogen-bond acceptors (Lipinski definition) is 1. The van der Waals surface area contributed by atoms with Gasteiger partial charge in [0.25, 0.3) is 0 Å². The van der Waals surface area contributed by atoms with E-state index in [4.69, 9.17) is 12.2 Å². The van der Waals surface area contributed by atoms with Gasteiger partial charge in [0, 0.05) is 5.69 Å². The molecule has 0 saturated carbocycles. The first-order chi connectivity index (χ1) is 12.9. The lowest BCUT2D eigenvalue weighted by Crippen LogP contribution is -2.33. The third-order valence-corrected chi connectivity index (χ3v) is 5.01. The molecule has 0 aromatic heterocycles. The SMILES string of the molecule is Cc1ccc([C@H](NC(=S)Nc2cc(C)ccc2C)c2ccccc2)c(C)c1. The molecule has 3 aromatic carbocycles. The molecule has 0 fully saturated rings. The van der Waals surface area contributed by atoms with Gasteiger partial charge in [-0.15, -0.1) is 0 Å². The van der Waals surface area contributed by atoms with Crippen molar-refractivity contribution >= 4 is 23.0 Å². The molecular weight excluding hydrogens is 348 g/mol. The Kier molecular flexibility index (Phi) is 5.92. The number of rotatable bonds is 4. The molecule has 0 radical (unpaired) electrons. The zero-order chi connectivity index (χ0) is 19.4. The van der Waals surface area contributed by atoms with Gasteiger partial charge >= 0.3 is 0 Å². The molecule has 0 aliphatic rings. The van der Waals surface area contributed by atoms with E-state index in [1.165, 1.54) is 33.4 Å². The molecule has 0 unspecified atom stereocenters. The summed E-state index contributed by atoms with van der Waals surface area (Å²) in [6.07, 6.45) is 0. The van der Waals surface area contributed by atoms with Crippen molar-refractivity contribution in [3.05, 3.63) is 100 Å². The highest BCUT2D eigenvalue weighted by Gasteiger charge is 2.17. The van der Waals surface area contributed by atoms with Crippen LogP contribution in [0.15, 0.2) is 66.7 Å². The van der Waals surface area contributed by atoms with Crippen LogP contribution in [-0.2, 0) is 0 Å². The second kappa shape index (κ2) is 8.36. The molecule has 1 atom stereocenters. The summed E-state index contributed by atoms with van der Waals surface area (Å²) in [5.41, 5.74) is 8.36. The van der Waals surface area contributed by atoms with E-state index in [1.54, 1.807) is 0 Å². The van der Waals surface area contributed by atoms with Crippen LogP contribution in [0.3, 0.4) is 0 Å². The van der Waals surface area contributed by atoms with Gasteiger partial charge in [0.05, 0.1) is 6.04 Å². The van der Waals surface area contributed by atoms with Crippen LogP contribution in [0, 0.1) is 27.7 Å². The van der Waals surface area contributed by atoms with Gasteiger partial charge in [-0.3, -0.25) is 0 Å². The van der Waals surface area contributed by atoms with Crippen molar-refractivity contribution in [2.75, 3.05) is 5.32 Å². The van der Waals surface area contributed by atoms with Gasteiger partial charge in [-0.25, -0.2) is 0 Å². The summed E-state index contributed by atoms with van der Waals surface area (Å²) in [4.78, 5) is 0. The van der Waals surface area contributed by atoms with Crippen LogP contribution in [0.25, 0.3) is 0 Å². The Morgan fingerprint density at radius 2 is 1.44 bits per heavy atom. The molecule has 2 N–H and O–H groups in total. The zero-order valence-electron chi connectivity index (χ0n) is 16.3. The minimum atomic E-state index is -0.00286. The zero-order valence-corrected chi connectivity index (χ0v) is 17.2. The molecule has 0 amide bonds. The van der Waals surface area contributed by atoms with E-state index >= 15 is 0 Å². The van der Waals surface area contributed by atoms with Gasteiger partial charge in [-0.2, -0.15) is 0 Å². The first-order valence-corrected chi connectivity index (χ1v) is 9.62. The Labute approximate surface area is 167 Å². The summed E-state index contributed by atoms with van der Waals surface area (Å²) < 4.78 is 0. The van der Waals surface area contributed by atoms with Gasteiger partial charge in [0.1, 0.15) is 0 Å². The first kappa shape index (κ1) is 19.1. The summed E-state index contributed by atoms with van der Waals surface area (Å²) in [5.74, 6) is 0. The molecule has 3 aromatic rings. The molecule has 0 aliphatic carbocycles. The fraction of sp³-hybridized carbons (Fsp3) is 0.208. The maximum atomic E-state index is 5.66. The predicted octanol–water partition coefficient (Wildman–Crippen LogP) is 6.00. The monoisotopic (exact) mass is 374 g/mol. The van der Waals surface area contributed by atoms with Crippen molar-refractivity contribution in [2.24, 2.45) is 0 Å². The predicted molar refractivity (Wildman–Crippen MR) is 119 cm³/mol. The van der Waals surface area contributed by atoms with Crippen LogP contribution in [0.5, 0.6) is 0 Å². The van der Waals surface area contributed by atoms with Crippen LogP contribution < -0.4 is 10.6 Å². The standard InChI is InChI=1S/C24H26N2S/c1-16-11-13-21(19(4)14-16)23(20-8-6-5-7-9-20)26-24(27)25-22-15-17(2)10-12-18(22)3/h5-15,23H,1-4H3,(H2,25,26,27)/t23-/m1/s1. The Balaban J connectivity index is 1.89. The molecule has 0 bridgehead atoms. The number of nitrogens with one attached hydrogen (secondary N) is 2. The van der Waals surface area contributed by atoms with Crippen molar-refractivity contribution in [2.45, 2.75) is 33.7 Å². The number of benzene rings is 3. The van der Waals surface area contributed by atoms with Crippen LogP contribution in [0.1, 0.15) is 39.4 Å². The van der Waals surface area contributed by atoms with Gasteiger partial charge in [-0.05, 0) is 73.8 Å². The maximum absolute atomic E-state index is 5.66. The van der Waals surface area contributed by atoms with Crippen molar-refractivity contribution in [3.63, 3.8) is 0 Å². The number of aryl methyl sites for hydroxylation is 4. The highest BCUT2D eigenvalue weighted by Crippen LogP contribution is 2.26. The largest absolute Gasteiger partial charge is 0.352 e. The van der Waals surface area contributed by atoms with Crippen LogP contribution in [0.4, 0.5) is 5.69 Å². The van der Waals surface area contributed by atoms with Crippen molar-refractivity contribution in [1.29, 1.82) is 0 Å². The van der Waals surface area contributed by atoms with E-state index in [1.807, 2.05) is 6.07 Å². The molecule has 27 heavy (non-hydrogen) atoms. The quantitative estimate of drug-likeness (QED) is 0.548. The number of hydrogen-bond donors (Lipinski definition) is 2. The van der Waals surface area contributed by atoms with E-state index in [0.29, 0.717) is 5.11 Å². The second-order valence-electron chi connectivity index (χ2n) is 7.12. The van der Waals surface area contributed by atoms with E-state index in [0.717, 1.165) is 5.69 Å². The van der Waals surface area contributed by atoms with Gasteiger partial charge < -0.3 is 10.6 Å². The van der Waals surface area contributed by atoms with Gasteiger partial charge in [-0.1, -0.05) is 66.2 Å². The fourth-order valence-electron chi connectivity index (χ4n) is 3.30. The molecule has 0 aliphatic heterocycles. The lowest BCUT2D eigenvalue weighted by molar-refractivity contribution is 0.762. The molecular formula is C24H26N2S. The van der Waals surface area contributed by atoms with Crippen molar-refractivity contribution in [1.82, 2.24) is 5.32 Å². The molecule has 0 spiro atoms. The average Bonchev–Trinajstić information content (AvgIpc) is 2.64. The topological polar surface area (TPSA) is 24.1 Å². The molecule has 2 nitrogen and oxygen atoms in total. The Morgan fingerprint density at radius 1 is 0.778 bits per heavy atom. The second-order valence-corrected chi connectivity index (χ2v) is 7.53. The van der Waals surface area contributed by atoms with Gasteiger partial charge in [0.2, 0.25) is 0 Å². The van der Waals surface area contributed by atoms with Gasteiger partial charge in [0.15, 0.2) is 5.11 Å². The summed E-state index contributed by atoms with van der Waals surface area (Å²) >= 11 is 5.66. The first-order valence-electron chi connectivity index (χ1n) is 9.21. The van der Waals surface area contributed by atoms with E-state index in [-0.39, 0.29) is 6.04 Å². The highest BCUT2D eigenvalue weighted by atomic mass is 32.1. The summed E-state index contributed by atoms with van der Waals surface area (Å²) in [6, 6.07) is 23.3. The van der Waals surface area contributed by atoms with Crippen molar-refractivity contribution in [3.8, 4) is 0 Å². The lowest BCUT2D eigenvalue weighted by atomic mass is 9.94. The van der Waals surface area contributed by atoms with E-state index < -0.39 is 0 Å². The van der Waals surface area contributed by atoms with E-state index in [2.05, 4.69) is 99.0 Å². The minimum Gasteiger partial charge on any atom is -0.352 e. The van der Waals surface area contributed by atoms with E-state index in [9.17, 15) is 0 Å². The van der Waals surface area contributed by atoms with Crippen LogP contribution in [-0.4, -0.2) is 5.11 Å². The molecule has 138 valence electrons. The van der Waals surface area contributed by atoms with Crippen LogP contribution >= 0.6 is 12.2 Å². The van der Waals surface area contributed by atoms with Crippen LogP contribution in [0.2, 0.25) is 0 Å². The maximum Gasteiger partial charge on any atom is 0.171 e. The Morgan fingerprint density at radius 3 is 2.15 bits per heavy atom. The summed E-state index contributed by atoms with van der Waals surface area (Å²) in [6.45, 7) is 8.45. The third kappa shape index (κ3) is 4.75. The fourth-order valence-corrected chi connectivity index (χ4v) is 3.52. The number of anilines is 1. The number of thiocarbonyl (C=S) groups is 1. The Bertz CT molecular complexity index is 948. The van der Waals surface area contributed by atoms with Crippen molar-refractivity contribution < 1.29 is 0 Å². The molecule has 3 rings (SSSR count). The molecule has 0 saturated heterocycles. The normalized spacial score (nSPS) is 11.7.